The Balaban J connectivity index is 0.893. The maximum absolute atomic E-state index is 12.7. The summed E-state index contributed by atoms with van der Waals surface area (Å²) in [5.74, 6) is -1.52. The van der Waals surface area contributed by atoms with E-state index in [2.05, 4.69) is 27.7 Å². The molecule has 378 valence electrons. The van der Waals surface area contributed by atoms with E-state index < -0.39 is 133 Å². The fourth-order valence-electron chi connectivity index (χ4n) is 14.3. The Morgan fingerprint density at radius 3 is 1.85 bits per heavy atom. The van der Waals surface area contributed by atoms with Crippen LogP contribution in [-0.4, -0.2) is 207 Å². The number of methoxy groups -OCH3 is 2. The number of fused-ring (bicyclic) bond motifs is 5. The molecule has 0 bridgehead atoms. The van der Waals surface area contributed by atoms with E-state index in [1.165, 1.54) is 14.2 Å². The maximum atomic E-state index is 12.7. The Kier molecular flexibility index (Phi) is 16.4. The lowest BCUT2D eigenvalue weighted by atomic mass is 9.41. The van der Waals surface area contributed by atoms with Gasteiger partial charge in [0, 0.05) is 32.5 Å². The molecule has 26 atom stereocenters. The molecule has 65 heavy (non-hydrogen) atoms. The summed E-state index contributed by atoms with van der Waals surface area (Å²) in [6, 6.07) is 0. The second kappa shape index (κ2) is 20.5. The lowest BCUT2D eigenvalue weighted by molar-refractivity contribution is -0.351. The van der Waals surface area contributed by atoms with Gasteiger partial charge < -0.3 is 94.1 Å². The molecule has 19 nitrogen and oxygen atoms in total. The summed E-state index contributed by atoms with van der Waals surface area (Å²) in [6.45, 7) is 10.1. The minimum absolute atomic E-state index is 0.0299. The second-order valence-electron chi connectivity index (χ2n) is 21.6. The van der Waals surface area contributed by atoms with Crippen molar-refractivity contribution >= 4 is 0 Å². The van der Waals surface area contributed by atoms with Crippen LogP contribution in [0.25, 0.3) is 0 Å². The van der Waals surface area contributed by atoms with Crippen LogP contribution < -0.4 is 0 Å². The van der Waals surface area contributed by atoms with Crippen molar-refractivity contribution in [1.29, 1.82) is 0 Å². The third kappa shape index (κ3) is 9.47. The molecular weight excluding hydrogens is 856 g/mol. The SMILES string of the molecule is COC1C(O)COC(OC2COC(OC3COC(OCC[C@@H](CC[C@@H](C)[C@H]4[C@@H](O)[C@@H](O)C5[C@]6(O)C[C@H](O)C7[C@@H](O)[C@@H](O)CC[C@]7(C)C6CC[C@@]54C)C(C)C)C(O)C3O)C(O)C2OC)C1O. The van der Waals surface area contributed by atoms with Crippen LogP contribution in [0, 0.1) is 52.3 Å². The number of hydrogen-bond donors (Lipinski definition) is 11. The number of aliphatic hydroxyl groups is 11. The Bertz CT molecular complexity index is 1550. The van der Waals surface area contributed by atoms with Gasteiger partial charge in [0.25, 0.3) is 0 Å². The monoisotopic (exact) mass is 937 g/mol. The van der Waals surface area contributed by atoms with Crippen molar-refractivity contribution in [2.45, 2.75) is 196 Å². The Hall–Kier alpha value is -0.760. The van der Waals surface area contributed by atoms with Crippen LogP contribution in [-0.2, 0) is 37.9 Å². The molecule has 19 heteroatoms. The first kappa shape index (κ1) is 52.1. The van der Waals surface area contributed by atoms with Gasteiger partial charge in [-0.15, -0.1) is 0 Å². The van der Waals surface area contributed by atoms with Crippen LogP contribution in [0.1, 0.15) is 86.0 Å². The molecule has 3 aliphatic heterocycles. The van der Waals surface area contributed by atoms with Crippen molar-refractivity contribution in [2.24, 2.45) is 52.3 Å². The van der Waals surface area contributed by atoms with E-state index in [-0.39, 0.29) is 62.4 Å². The minimum Gasteiger partial charge on any atom is -0.393 e. The minimum atomic E-state index is -1.49. The van der Waals surface area contributed by atoms with Gasteiger partial charge in [-0.3, -0.25) is 0 Å². The van der Waals surface area contributed by atoms with Crippen molar-refractivity contribution in [3.05, 3.63) is 0 Å². The standard InChI is InChI=1S/C46H80O19/c1-20(2)22(9-8-21(3)29-33(52)34(53)40-45(29,5)14-11-28-44(4)13-10-23(47)31(50)30(44)24(48)16-46(28,40)57)12-15-60-41-35(54)32(51)26(18-62-41)64-43-37(56)39(59-7)27(19-63-43)65-42-36(55)38(58-6)25(49)17-61-42/h20-43,47-57H,8-19H2,1-7H3/t21-,22-,23+,24+,25?,26?,27?,28?,29+,30?,31+,32?,33-,34-,35?,36?,37?,38?,39?,40?,41?,42?,43?,44-,45-,46+/m1/s1. The molecule has 3 heterocycles. The van der Waals surface area contributed by atoms with Gasteiger partial charge in [-0.1, -0.05) is 41.0 Å². The van der Waals surface area contributed by atoms with E-state index in [0.29, 0.717) is 32.1 Å². The van der Waals surface area contributed by atoms with Crippen LogP contribution >= 0.6 is 0 Å². The van der Waals surface area contributed by atoms with Gasteiger partial charge in [-0.05, 0) is 78.9 Å². The molecular formula is C46H80O19. The molecule has 7 fully saturated rings. The normalized spacial score (nSPS) is 52.4. The summed E-state index contributed by atoms with van der Waals surface area (Å²) in [6.07, 6.45) is -15.5. The van der Waals surface area contributed by atoms with Crippen molar-refractivity contribution in [3.8, 4) is 0 Å². The molecule has 0 radical (unpaired) electrons. The highest BCUT2D eigenvalue weighted by atomic mass is 16.8. The third-order valence-electron chi connectivity index (χ3n) is 17.6. The second-order valence-corrected chi connectivity index (χ2v) is 21.6. The zero-order chi connectivity index (χ0) is 47.5. The third-order valence-corrected chi connectivity index (χ3v) is 17.6. The molecule has 0 aromatic heterocycles. The van der Waals surface area contributed by atoms with Gasteiger partial charge in [0.05, 0.1) is 62.5 Å². The summed E-state index contributed by atoms with van der Waals surface area (Å²) in [5, 5.41) is 123. The summed E-state index contributed by atoms with van der Waals surface area (Å²) in [7, 11) is 2.70. The summed E-state index contributed by atoms with van der Waals surface area (Å²) < 4.78 is 45.5. The number of aliphatic hydroxyl groups excluding tert-OH is 10. The quantitative estimate of drug-likeness (QED) is 0.0917. The fourth-order valence-corrected chi connectivity index (χ4v) is 14.3. The van der Waals surface area contributed by atoms with Crippen LogP contribution in [0.2, 0.25) is 0 Å². The van der Waals surface area contributed by atoms with Crippen molar-refractivity contribution in [1.82, 2.24) is 0 Å². The van der Waals surface area contributed by atoms with Crippen LogP contribution in [0.4, 0.5) is 0 Å². The van der Waals surface area contributed by atoms with E-state index in [1.807, 2.05) is 6.92 Å². The van der Waals surface area contributed by atoms with Crippen LogP contribution in [0.5, 0.6) is 0 Å². The van der Waals surface area contributed by atoms with E-state index >= 15 is 0 Å². The first-order chi connectivity index (χ1) is 30.6. The Labute approximate surface area is 382 Å². The van der Waals surface area contributed by atoms with E-state index in [0.717, 1.165) is 12.8 Å². The zero-order valence-electron chi connectivity index (χ0n) is 39.0. The number of rotatable bonds is 15. The predicted molar refractivity (Wildman–Crippen MR) is 226 cm³/mol. The highest BCUT2D eigenvalue weighted by molar-refractivity contribution is 5.22. The van der Waals surface area contributed by atoms with Gasteiger partial charge >= 0.3 is 0 Å². The lowest BCUT2D eigenvalue weighted by Crippen LogP contribution is -2.71. The van der Waals surface area contributed by atoms with Crippen LogP contribution in [0.3, 0.4) is 0 Å². The summed E-state index contributed by atoms with van der Waals surface area (Å²) >= 11 is 0. The maximum Gasteiger partial charge on any atom is 0.186 e. The molecule has 3 saturated heterocycles. The van der Waals surface area contributed by atoms with Crippen LogP contribution in [0.15, 0.2) is 0 Å². The number of ether oxygens (including phenoxy) is 8. The first-order valence-corrected chi connectivity index (χ1v) is 24.0. The molecule has 11 N–H and O–H groups in total. The largest absolute Gasteiger partial charge is 0.393 e. The first-order valence-electron chi connectivity index (χ1n) is 24.0. The lowest BCUT2D eigenvalue weighted by Gasteiger charge is -2.66. The van der Waals surface area contributed by atoms with Crippen molar-refractivity contribution in [3.63, 3.8) is 0 Å². The molecule has 15 unspecified atom stereocenters. The molecule has 0 amide bonds. The summed E-state index contributed by atoms with van der Waals surface area (Å²) in [4.78, 5) is 0. The van der Waals surface area contributed by atoms with Crippen molar-refractivity contribution in [2.75, 3.05) is 40.6 Å². The highest BCUT2D eigenvalue weighted by Crippen LogP contribution is 2.70. The molecule has 0 aromatic rings. The van der Waals surface area contributed by atoms with E-state index in [9.17, 15) is 56.2 Å². The topological polar surface area (TPSA) is 296 Å². The molecule has 7 aliphatic rings. The van der Waals surface area contributed by atoms with Gasteiger partial charge in [0.15, 0.2) is 18.9 Å². The highest BCUT2D eigenvalue weighted by Gasteiger charge is 2.73. The number of hydrogen-bond acceptors (Lipinski definition) is 19. The average Bonchev–Trinajstić information content (AvgIpc) is 3.46. The molecule has 4 saturated carbocycles. The summed E-state index contributed by atoms with van der Waals surface area (Å²) in [5.41, 5.74) is -2.73. The molecule has 0 aromatic carbocycles. The van der Waals surface area contributed by atoms with E-state index in [1.54, 1.807) is 0 Å². The smallest absolute Gasteiger partial charge is 0.186 e. The Morgan fingerprint density at radius 1 is 0.585 bits per heavy atom. The Morgan fingerprint density at radius 2 is 1.18 bits per heavy atom. The fraction of sp³-hybridized carbons (Fsp3) is 1.00. The van der Waals surface area contributed by atoms with Gasteiger partial charge in [0.2, 0.25) is 0 Å². The molecule has 7 rings (SSSR count). The van der Waals surface area contributed by atoms with Gasteiger partial charge in [0.1, 0.15) is 54.9 Å². The van der Waals surface area contributed by atoms with Crippen molar-refractivity contribution < 1.29 is 94.1 Å². The van der Waals surface area contributed by atoms with Gasteiger partial charge in [-0.25, -0.2) is 0 Å². The predicted octanol–water partition coefficient (Wildman–Crippen LogP) is -1.23. The van der Waals surface area contributed by atoms with E-state index in [4.69, 9.17) is 37.9 Å². The zero-order valence-corrected chi connectivity index (χ0v) is 39.0. The van der Waals surface area contributed by atoms with Gasteiger partial charge in [-0.2, -0.15) is 0 Å². The average molecular weight is 937 g/mol. The molecule has 4 aliphatic carbocycles. The molecule has 0 spiro atoms.